The van der Waals surface area contributed by atoms with Crippen LogP contribution < -0.4 is 26.3 Å². The van der Waals surface area contributed by atoms with E-state index in [-0.39, 0.29) is 5.92 Å². The quantitative estimate of drug-likeness (QED) is 0.454. The first-order valence-electron chi connectivity index (χ1n) is 14.7. The maximum atomic E-state index is 13.1. The van der Waals surface area contributed by atoms with Gasteiger partial charge < -0.3 is 26.6 Å². The van der Waals surface area contributed by atoms with Crippen LogP contribution in [-0.4, -0.2) is 60.7 Å². The molecule has 5 N–H and O–H groups in total. The summed E-state index contributed by atoms with van der Waals surface area (Å²) in [6.07, 6.45) is 17.6. The normalized spacial score (nSPS) is 37.6. The summed E-state index contributed by atoms with van der Waals surface area (Å²) in [5, 5.41) is 11.1. The smallest absolute Gasteiger partial charge is 0.223 e. The summed E-state index contributed by atoms with van der Waals surface area (Å²) in [6.45, 7) is 1.19. The number of anilines is 1. The van der Waals surface area contributed by atoms with Crippen LogP contribution in [0.4, 0.5) is 5.69 Å². The van der Waals surface area contributed by atoms with Gasteiger partial charge in [-0.1, -0.05) is 0 Å². The molecule has 0 radical (unpaired) electrons. The molecule has 1 aliphatic heterocycles. The minimum absolute atomic E-state index is 0.192. The van der Waals surface area contributed by atoms with Crippen LogP contribution in [0.15, 0.2) is 24.5 Å². The van der Waals surface area contributed by atoms with Gasteiger partial charge in [0.05, 0.1) is 0 Å². The number of nitrogens with one attached hydrogen (secondary N) is 3. The Bertz CT molecular complexity index is 846. The van der Waals surface area contributed by atoms with Crippen molar-refractivity contribution in [3.8, 4) is 0 Å². The Balaban J connectivity index is 1.02. The van der Waals surface area contributed by atoms with Gasteiger partial charge in [-0.2, -0.15) is 0 Å². The fraction of sp³-hybridized carbons (Fsp3) is 0.793. The lowest BCUT2D eigenvalue weighted by atomic mass is 9.73. The highest BCUT2D eigenvalue weighted by atomic mass is 16.1. The van der Waals surface area contributed by atoms with Crippen molar-refractivity contribution >= 4 is 11.6 Å². The Kier molecular flexibility index (Phi) is 8.49. The molecule has 1 aromatic heterocycles. The summed E-state index contributed by atoms with van der Waals surface area (Å²) in [6, 6.07) is 7.33. The second-order valence-corrected chi connectivity index (χ2v) is 12.3. The van der Waals surface area contributed by atoms with Gasteiger partial charge in [-0.3, -0.25) is 4.79 Å². The van der Waals surface area contributed by atoms with E-state index in [0.29, 0.717) is 48.1 Å². The van der Waals surface area contributed by atoms with Gasteiger partial charge in [0.15, 0.2) is 12.4 Å². The molecular weight excluding hydrogens is 448 g/mol. The maximum absolute atomic E-state index is 13.1. The number of hydrogen-bond donors (Lipinski definition) is 4. The van der Waals surface area contributed by atoms with Crippen molar-refractivity contribution in [1.82, 2.24) is 15.5 Å². The van der Waals surface area contributed by atoms with Crippen molar-refractivity contribution in [2.24, 2.45) is 24.6 Å². The number of likely N-dealkylation sites (tertiary alicyclic amines) is 1. The summed E-state index contributed by atoms with van der Waals surface area (Å²) in [7, 11) is 4.33. The third-order valence-electron chi connectivity index (χ3n) is 9.75. The van der Waals surface area contributed by atoms with Crippen molar-refractivity contribution < 1.29 is 9.36 Å². The van der Waals surface area contributed by atoms with Crippen LogP contribution in [0.25, 0.3) is 0 Å². The lowest BCUT2D eigenvalue weighted by molar-refractivity contribution is -0.671. The monoisotopic (exact) mass is 497 g/mol. The first-order valence-corrected chi connectivity index (χ1v) is 14.7. The van der Waals surface area contributed by atoms with Gasteiger partial charge in [0.25, 0.3) is 0 Å². The van der Waals surface area contributed by atoms with E-state index >= 15 is 0 Å². The maximum Gasteiger partial charge on any atom is 0.223 e. The second-order valence-electron chi connectivity index (χ2n) is 12.3. The van der Waals surface area contributed by atoms with Gasteiger partial charge in [-0.05, 0) is 96.6 Å². The summed E-state index contributed by atoms with van der Waals surface area (Å²) in [4.78, 5) is 15.6. The lowest BCUT2D eigenvalue weighted by Gasteiger charge is -2.49. The summed E-state index contributed by atoms with van der Waals surface area (Å²) in [5.41, 5.74) is 7.55. The van der Waals surface area contributed by atoms with Gasteiger partial charge in [0.2, 0.25) is 5.91 Å². The van der Waals surface area contributed by atoms with E-state index in [1.807, 2.05) is 7.05 Å². The Morgan fingerprint density at radius 1 is 0.917 bits per heavy atom. The Morgan fingerprint density at radius 2 is 1.58 bits per heavy atom. The molecule has 3 aliphatic carbocycles. The van der Waals surface area contributed by atoms with Crippen LogP contribution in [0.5, 0.6) is 0 Å². The van der Waals surface area contributed by atoms with Gasteiger partial charge >= 0.3 is 0 Å². The predicted octanol–water partition coefficient (Wildman–Crippen LogP) is 2.70. The van der Waals surface area contributed by atoms with Crippen molar-refractivity contribution in [3.05, 3.63) is 24.5 Å². The highest BCUT2D eigenvalue weighted by Crippen LogP contribution is 2.36. The molecule has 1 amide bonds. The number of amides is 1. The average Bonchev–Trinajstić information content (AvgIpc) is 2.88. The first kappa shape index (κ1) is 25.9. The van der Waals surface area contributed by atoms with E-state index in [1.54, 1.807) is 0 Å². The molecule has 5 rings (SSSR count). The lowest BCUT2D eigenvalue weighted by Crippen LogP contribution is -2.59. The van der Waals surface area contributed by atoms with E-state index in [2.05, 4.69) is 57.0 Å². The highest BCUT2D eigenvalue weighted by Gasteiger charge is 2.41. The molecule has 4 atom stereocenters. The molecule has 0 bridgehead atoms. The fourth-order valence-electron chi connectivity index (χ4n) is 7.49. The molecule has 1 aromatic rings. The number of piperidine rings is 1. The van der Waals surface area contributed by atoms with Crippen molar-refractivity contribution in [3.63, 3.8) is 0 Å². The van der Waals surface area contributed by atoms with Crippen LogP contribution in [0.1, 0.15) is 77.0 Å². The average molecular weight is 498 g/mol. The number of rotatable bonds is 6. The number of fused-ring (bicyclic) bond motifs is 1. The topological polar surface area (TPSA) is 86.3 Å². The van der Waals surface area contributed by atoms with Crippen molar-refractivity contribution in [2.75, 3.05) is 18.9 Å². The molecule has 200 valence electrons. The second kappa shape index (κ2) is 11.8. The van der Waals surface area contributed by atoms with Crippen molar-refractivity contribution in [2.45, 2.75) is 113 Å². The molecule has 4 aliphatic rings. The number of nitrogens with zero attached hydrogens (tertiary/aromatic N) is 2. The van der Waals surface area contributed by atoms with Gasteiger partial charge in [0, 0.05) is 60.0 Å². The molecule has 7 nitrogen and oxygen atoms in total. The van der Waals surface area contributed by atoms with Crippen LogP contribution in [0.3, 0.4) is 0 Å². The minimum Gasteiger partial charge on any atom is -0.382 e. The van der Waals surface area contributed by atoms with Crippen molar-refractivity contribution in [1.29, 1.82) is 0 Å². The van der Waals surface area contributed by atoms with Crippen LogP contribution >= 0.6 is 0 Å². The van der Waals surface area contributed by atoms with E-state index < -0.39 is 0 Å². The first-order chi connectivity index (χ1) is 17.4. The molecule has 2 heterocycles. The molecule has 36 heavy (non-hydrogen) atoms. The number of aryl methyl sites for hydroxylation is 1. The van der Waals surface area contributed by atoms with Gasteiger partial charge in [-0.25, -0.2) is 4.57 Å². The number of hydrogen-bond acceptors (Lipinski definition) is 5. The standard InChI is InChI=1S/C29H48N6O/c1-34-16-13-25(14-17-34)31-22-8-10-24(11-9-22)33-29(36)20-3-6-23(7-4-20)32-27-15-18-35(2)28-12-5-21(30)19-26(27)28/h13-14,16-17,20-24,26-28,32H,3-12,15,18-19,30H2,1-2H3,(H,33,36)/p+1. The summed E-state index contributed by atoms with van der Waals surface area (Å²) < 4.78 is 2.05. The third kappa shape index (κ3) is 6.40. The molecule has 7 heteroatoms. The number of pyridine rings is 1. The summed E-state index contributed by atoms with van der Waals surface area (Å²) in [5.74, 6) is 1.18. The number of carbonyl (C=O) groups excluding carboxylic acids is 1. The molecule has 3 saturated carbocycles. The van der Waals surface area contributed by atoms with E-state index in [0.717, 1.165) is 57.8 Å². The highest BCUT2D eigenvalue weighted by molar-refractivity contribution is 5.79. The number of aromatic nitrogens is 1. The Morgan fingerprint density at radius 3 is 2.31 bits per heavy atom. The molecule has 4 fully saturated rings. The zero-order valence-corrected chi connectivity index (χ0v) is 22.5. The number of carbonyl (C=O) groups is 1. The SMILES string of the molecule is CN1CCC(NC2CCC(C(=O)NC3CCC(Nc4cc[n+](C)cc4)CC3)CC2)C2CC(N)CCC21. The van der Waals surface area contributed by atoms with Crippen LogP contribution in [-0.2, 0) is 11.8 Å². The Hall–Kier alpha value is -1.70. The molecule has 0 aromatic carbocycles. The zero-order chi connectivity index (χ0) is 25.1. The van der Waals surface area contributed by atoms with Gasteiger partial charge in [0.1, 0.15) is 7.05 Å². The molecule has 4 unspecified atom stereocenters. The molecule has 0 spiro atoms. The Labute approximate surface area is 218 Å². The van der Waals surface area contributed by atoms with Gasteiger partial charge in [-0.15, -0.1) is 0 Å². The third-order valence-corrected chi connectivity index (χ3v) is 9.75. The van der Waals surface area contributed by atoms with Crippen LogP contribution in [0, 0.1) is 11.8 Å². The zero-order valence-electron chi connectivity index (χ0n) is 22.5. The van der Waals surface area contributed by atoms with E-state index in [9.17, 15) is 4.79 Å². The molecular formula is C29H49N6O+. The van der Waals surface area contributed by atoms with E-state index in [4.69, 9.17) is 5.73 Å². The van der Waals surface area contributed by atoms with Crippen LogP contribution in [0.2, 0.25) is 0 Å². The van der Waals surface area contributed by atoms with E-state index in [1.165, 1.54) is 31.5 Å². The largest absolute Gasteiger partial charge is 0.382 e. The summed E-state index contributed by atoms with van der Waals surface area (Å²) >= 11 is 0. The predicted molar refractivity (Wildman–Crippen MR) is 144 cm³/mol. The molecule has 1 saturated heterocycles. The number of nitrogens with two attached hydrogens (primary N) is 1. The fourth-order valence-corrected chi connectivity index (χ4v) is 7.49. The minimum atomic E-state index is 0.192.